The normalized spacial score (nSPS) is 46.7. The molecule has 10 unspecified atom stereocenters. The molecule has 0 amide bonds. The van der Waals surface area contributed by atoms with E-state index in [1.807, 2.05) is 0 Å². The molecule has 50 heavy (non-hydrogen) atoms. The van der Waals surface area contributed by atoms with Crippen LogP contribution in [0.5, 0.6) is 0 Å². The van der Waals surface area contributed by atoms with E-state index in [1.54, 1.807) is 51.4 Å². The van der Waals surface area contributed by atoms with Crippen LogP contribution in [0.4, 0.5) is 0 Å². The van der Waals surface area contributed by atoms with E-state index < -0.39 is 0 Å². The van der Waals surface area contributed by atoms with E-state index in [-0.39, 0.29) is 0 Å². The van der Waals surface area contributed by atoms with Gasteiger partial charge in [-0.2, -0.15) is 0 Å². The average Bonchev–Trinajstić information content (AvgIpc) is 3.53. The Morgan fingerprint density at radius 3 is 1.00 bits per heavy atom. The van der Waals surface area contributed by atoms with E-state index in [9.17, 15) is 0 Å². The standard InChI is InChI=1S/C48H82N2/c1-47(2)43-21-13-11-19-39(43)41-29-27-37(31-45(41)47)50(38-28-30-42-40-20-12-14-22-44(40)48(3,4)46(42)32-38)36-25-23-35(24-26-36)49(33-15-7-5-8-16-33)34-17-9-6-10-18-34/h33-46H,5-32H2,1-4H3. The van der Waals surface area contributed by atoms with Crippen molar-refractivity contribution in [1.29, 1.82) is 0 Å². The molecule has 10 atom stereocenters. The predicted molar refractivity (Wildman–Crippen MR) is 211 cm³/mol. The zero-order valence-corrected chi connectivity index (χ0v) is 33.8. The second-order valence-corrected chi connectivity index (χ2v) is 22.2. The van der Waals surface area contributed by atoms with Crippen molar-refractivity contribution < 1.29 is 0 Å². The fourth-order valence-electron chi connectivity index (χ4n) is 17.6. The first-order valence-corrected chi connectivity index (χ1v) is 23.9. The van der Waals surface area contributed by atoms with E-state index in [0.717, 1.165) is 83.6 Å². The van der Waals surface area contributed by atoms with E-state index >= 15 is 0 Å². The molecule has 0 N–H and O–H groups in total. The highest BCUT2D eigenvalue weighted by Crippen LogP contribution is 2.66. The molecular formula is C48H82N2. The summed E-state index contributed by atoms with van der Waals surface area (Å²) in [6.45, 7) is 11.0. The van der Waals surface area contributed by atoms with Gasteiger partial charge in [0.15, 0.2) is 0 Å². The quantitative estimate of drug-likeness (QED) is 0.274. The predicted octanol–water partition coefficient (Wildman–Crippen LogP) is 12.8. The topological polar surface area (TPSA) is 6.48 Å². The smallest absolute Gasteiger partial charge is 0.0104 e. The van der Waals surface area contributed by atoms with Gasteiger partial charge in [0.2, 0.25) is 0 Å². The van der Waals surface area contributed by atoms with Crippen LogP contribution in [-0.2, 0) is 0 Å². The lowest BCUT2D eigenvalue weighted by molar-refractivity contribution is -0.0472. The summed E-state index contributed by atoms with van der Waals surface area (Å²) in [4.78, 5) is 6.67. The Morgan fingerprint density at radius 2 is 0.580 bits per heavy atom. The average molecular weight is 687 g/mol. The van der Waals surface area contributed by atoms with Crippen molar-refractivity contribution in [2.75, 3.05) is 0 Å². The Hall–Kier alpha value is -0.0800. The van der Waals surface area contributed by atoms with Gasteiger partial charge in [-0.3, -0.25) is 9.80 Å². The number of fused-ring (bicyclic) bond motifs is 6. The fraction of sp³-hybridized carbons (Fsp3) is 1.00. The van der Waals surface area contributed by atoms with Crippen LogP contribution in [0.15, 0.2) is 0 Å². The molecule has 9 rings (SSSR count). The lowest BCUT2D eigenvalue weighted by atomic mass is 9.65. The molecule has 0 aromatic carbocycles. The third-order valence-corrected chi connectivity index (χ3v) is 19.7. The number of hydrogen-bond acceptors (Lipinski definition) is 2. The third-order valence-electron chi connectivity index (χ3n) is 19.7. The first-order valence-electron chi connectivity index (χ1n) is 23.9. The largest absolute Gasteiger partial charge is 0.294 e. The lowest BCUT2D eigenvalue weighted by Gasteiger charge is -2.54. The molecule has 9 saturated carbocycles. The molecule has 0 aromatic heterocycles. The van der Waals surface area contributed by atoms with Crippen LogP contribution >= 0.6 is 0 Å². The monoisotopic (exact) mass is 687 g/mol. The molecule has 0 saturated heterocycles. The van der Waals surface area contributed by atoms with Gasteiger partial charge in [0.05, 0.1) is 0 Å². The molecule has 9 aliphatic rings. The van der Waals surface area contributed by atoms with Crippen LogP contribution in [0.1, 0.15) is 207 Å². The van der Waals surface area contributed by atoms with Crippen molar-refractivity contribution >= 4 is 0 Å². The van der Waals surface area contributed by atoms with Crippen molar-refractivity contribution in [2.45, 2.75) is 244 Å². The highest BCUT2D eigenvalue weighted by atomic mass is 15.2. The van der Waals surface area contributed by atoms with Gasteiger partial charge >= 0.3 is 0 Å². The summed E-state index contributed by atoms with van der Waals surface area (Å²) in [5.74, 6) is 8.27. The summed E-state index contributed by atoms with van der Waals surface area (Å²) in [6, 6.07) is 5.33. The molecule has 0 radical (unpaired) electrons. The molecule has 9 fully saturated rings. The van der Waals surface area contributed by atoms with Crippen molar-refractivity contribution in [3.63, 3.8) is 0 Å². The van der Waals surface area contributed by atoms with Crippen LogP contribution < -0.4 is 0 Å². The fourth-order valence-corrected chi connectivity index (χ4v) is 17.6. The van der Waals surface area contributed by atoms with Crippen molar-refractivity contribution in [3.05, 3.63) is 0 Å². The maximum absolute atomic E-state index is 3.42. The van der Waals surface area contributed by atoms with Gasteiger partial charge < -0.3 is 0 Å². The second kappa shape index (κ2) is 14.5. The second-order valence-electron chi connectivity index (χ2n) is 22.2. The Morgan fingerprint density at radius 1 is 0.280 bits per heavy atom. The zero-order valence-electron chi connectivity index (χ0n) is 33.8. The number of hydrogen-bond donors (Lipinski definition) is 0. The van der Waals surface area contributed by atoms with E-state index in [1.165, 1.54) is 128 Å². The van der Waals surface area contributed by atoms with Crippen LogP contribution in [0.25, 0.3) is 0 Å². The van der Waals surface area contributed by atoms with Crippen molar-refractivity contribution in [3.8, 4) is 0 Å². The van der Waals surface area contributed by atoms with Gasteiger partial charge in [-0.25, -0.2) is 0 Å². The van der Waals surface area contributed by atoms with E-state index in [4.69, 9.17) is 0 Å². The summed E-state index contributed by atoms with van der Waals surface area (Å²) in [5.41, 5.74) is 1.14. The molecule has 0 aliphatic heterocycles. The molecule has 9 aliphatic carbocycles. The summed E-state index contributed by atoms with van der Waals surface area (Å²) >= 11 is 0. The van der Waals surface area contributed by atoms with Gasteiger partial charge in [-0.15, -0.1) is 0 Å². The zero-order chi connectivity index (χ0) is 34.0. The molecule has 2 nitrogen and oxygen atoms in total. The van der Waals surface area contributed by atoms with Crippen LogP contribution in [0.3, 0.4) is 0 Å². The summed E-state index contributed by atoms with van der Waals surface area (Å²) in [5, 5.41) is 0. The first kappa shape index (κ1) is 35.6. The van der Waals surface area contributed by atoms with E-state index in [0.29, 0.717) is 10.8 Å². The Balaban J connectivity index is 0.965. The van der Waals surface area contributed by atoms with Crippen LogP contribution in [0, 0.1) is 58.2 Å². The number of nitrogens with zero attached hydrogens (tertiary/aromatic N) is 2. The molecule has 284 valence electrons. The first-order chi connectivity index (χ1) is 24.3. The summed E-state index contributed by atoms with van der Waals surface area (Å²) < 4.78 is 0. The Bertz CT molecular complexity index is 1040. The minimum absolute atomic E-state index is 0.568. The summed E-state index contributed by atoms with van der Waals surface area (Å²) in [7, 11) is 0. The minimum atomic E-state index is 0.568. The highest BCUT2D eigenvalue weighted by Gasteiger charge is 2.60. The van der Waals surface area contributed by atoms with Gasteiger partial charge in [-0.05, 0) is 174 Å². The van der Waals surface area contributed by atoms with Gasteiger partial charge in [0.1, 0.15) is 0 Å². The Labute approximate surface area is 310 Å². The molecule has 2 heteroatoms. The van der Waals surface area contributed by atoms with Gasteiger partial charge in [0, 0.05) is 36.3 Å². The molecular weight excluding hydrogens is 605 g/mol. The lowest BCUT2D eigenvalue weighted by Crippen LogP contribution is -2.57. The van der Waals surface area contributed by atoms with Crippen LogP contribution in [0.2, 0.25) is 0 Å². The molecule has 0 aromatic rings. The maximum Gasteiger partial charge on any atom is 0.0104 e. The van der Waals surface area contributed by atoms with Crippen molar-refractivity contribution in [2.24, 2.45) is 58.2 Å². The van der Waals surface area contributed by atoms with Gasteiger partial charge in [0.25, 0.3) is 0 Å². The molecule has 0 bridgehead atoms. The Kier molecular flexibility index (Phi) is 10.4. The van der Waals surface area contributed by atoms with Gasteiger partial charge in [-0.1, -0.05) is 91.9 Å². The van der Waals surface area contributed by atoms with E-state index in [2.05, 4.69) is 37.5 Å². The summed E-state index contributed by atoms with van der Waals surface area (Å²) in [6.07, 6.45) is 42.7. The molecule has 0 spiro atoms. The minimum Gasteiger partial charge on any atom is -0.294 e. The number of rotatable bonds is 6. The van der Waals surface area contributed by atoms with Crippen LogP contribution in [-0.4, -0.2) is 46.1 Å². The van der Waals surface area contributed by atoms with Crippen molar-refractivity contribution in [1.82, 2.24) is 9.80 Å². The highest BCUT2D eigenvalue weighted by molar-refractivity contribution is 5.10. The molecule has 0 heterocycles. The third kappa shape index (κ3) is 6.25. The maximum atomic E-state index is 3.42. The SMILES string of the molecule is CC1(C)C2CCCCC2C2CCC(N(C3CCC(N(C4CCCCC4)C4CCCCC4)CC3)C3CCC4C5CCCCC5C(C)(C)C4C3)CC21.